The lowest BCUT2D eigenvalue weighted by Gasteiger charge is -2.12. The molecule has 3 aromatic carbocycles. The number of rotatable bonds is 10. The largest absolute Gasteiger partial charge is 0.496 e. The van der Waals surface area contributed by atoms with E-state index >= 15 is 0 Å². The lowest BCUT2D eigenvalue weighted by molar-refractivity contribution is 0.261. The number of nitrogens with one attached hydrogen (secondary N) is 1. The summed E-state index contributed by atoms with van der Waals surface area (Å²) in [5.74, 6) is 3.70. The lowest BCUT2D eigenvalue weighted by atomic mass is 10.1. The molecule has 9 nitrogen and oxygen atoms in total. The zero-order valence-electron chi connectivity index (χ0n) is 22.8. The highest BCUT2D eigenvalue weighted by Crippen LogP contribution is 2.46. The van der Waals surface area contributed by atoms with Gasteiger partial charge in [-0.1, -0.05) is 5.16 Å². The Labute approximate surface area is 233 Å². The van der Waals surface area contributed by atoms with Crippen LogP contribution >= 0.6 is 12.4 Å². The molecule has 0 saturated carbocycles. The van der Waals surface area contributed by atoms with Gasteiger partial charge in [0.15, 0.2) is 17.2 Å². The molecule has 0 aliphatic heterocycles. The van der Waals surface area contributed by atoms with Gasteiger partial charge < -0.3 is 38.4 Å². The Morgan fingerprint density at radius 1 is 0.744 bits per heavy atom. The third-order valence-electron chi connectivity index (χ3n) is 6.43. The normalized spacial score (nSPS) is 12.6. The average Bonchev–Trinajstić information content (AvgIpc) is 3.44. The topological polar surface area (TPSA) is 86.8 Å². The minimum Gasteiger partial charge on any atom is -0.496 e. The number of aromatic amines is 1. The molecule has 0 unspecified atom stereocenters. The molecular weight excluding hydrogens is 522 g/mol. The Morgan fingerprint density at radius 3 is 2.00 bits per heavy atom. The quantitative estimate of drug-likeness (QED) is 0.232. The number of fused-ring (bicyclic) bond motifs is 5. The molecule has 0 spiro atoms. The third-order valence-corrected chi connectivity index (χ3v) is 6.43. The van der Waals surface area contributed by atoms with Gasteiger partial charge in [0.1, 0.15) is 29.6 Å². The van der Waals surface area contributed by atoms with Crippen molar-refractivity contribution >= 4 is 29.0 Å². The summed E-state index contributed by atoms with van der Waals surface area (Å²) in [4.78, 5) is 11.6. The maximum Gasteiger partial charge on any atom is 0.165 e. The number of H-pyrrole nitrogens is 1. The van der Waals surface area contributed by atoms with Gasteiger partial charge in [0.05, 0.1) is 34.1 Å². The van der Waals surface area contributed by atoms with Crippen molar-refractivity contribution in [1.29, 1.82) is 0 Å². The number of hydrogen-bond acceptors (Lipinski definition) is 8. The first-order chi connectivity index (χ1) is 18.4. The van der Waals surface area contributed by atoms with Crippen molar-refractivity contribution in [2.75, 3.05) is 55.7 Å². The molecule has 0 radical (unpaired) electrons. The molecule has 0 atom stereocenters. The molecule has 39 heavy (non-hydrogen) atoms. The fraction of sp³-hybridized carbons (Fsp3) is 0.276. The van der Waals surface area contributed by atoms with Crippen molar-refractivity contribution in [3.05, 3.63) is 59.7 Å². The number of oxime groups is 1. The smallest absolute Gasteiger partial charge is 0.165 e. The van der Waals surface area contributed by atoms with Crippen molar-refractivity contribution in [2.45, 2.75) is 0 Å². The van der Waals surface area contributed by atoms with E-state index in [2.05, 4.69) is 15.0 Å². The minimum absolute atomic E-state index is 0. The van der Waals surface area contributed by atoms with E-state index in [0.29, 0.717) is 41.1 Å². The zero-order chi connectivity index (χ0) is 26.8. The van der Waals surface area contributed by atoms with Gasteiger partial charge in [-0.25, -0.2) is 0 Å². The molecule has 206 valence electrons. The number of hydrogen-bond donors (Lipinski definition) is 1. The first-order valence-corrected chi connectivity index (χ1v) is 12.1. The SMILES string of the molecule is COc1cc(OC)cc(ON=C2c3cc(OC)c(OC)cc3-c3[nH]c4ccc(OCCN(C)C)cc4c32)c1.Cl. The van der Waals surface area contributed by atoms with Crippen LogP contribution in [0.5, 0.6) is 34.5 Å². The predicted molar refractivity (Wildman–Crippen MR) is 154 cm³/mol. The highest BCUT2D eigenvalue weighted by molar-refractivity contribution is 6.30. The second-order valence-corrected chi connectivity index (χ2v) is 9.07. The summed E-state index contributed by atoms with van der Waals surface area (Å²) in [6.07, 6.45) is 0. The van der Waals surface area contributed by atoms with Crippen LogP contribution in [-0.4, -0.2) is 71.3 Å². The van der Waals surface area contributed by atoms with Crippen LogP contribution in [0.2, 0.25) is 0 Å². The molecule has 1 aromatic heterocycles. The maximum atomic E-state index is 6.03. The van der Waals surface area contributed by atoms with E-state index in [1.54, 1.807) is 46.6 Å². The Hall–Kier alpha value is -4.08. The van der Waals surface area contributed by atoms with E-state index in [0.717, 1.165) is 45.6 Å². The van der Waals surface area contributed by atoms with E-state index in [4.69, 9.17) is 28.5 Å². The van der Waals surface area contributed by atoms with Crippen LogP contribution in [-0.2, 0) is 0 Å². The highest BCUT2D eigenvalue weighted by atomic mass is 35.5. The number of likely N-dealkylation sites (N-methyl/N-ethyl adjacent to an activating group) is 1. The maximum absolute atomic E-state index is 6.03. The molecule has 1 aliphatic rings. The van der Waals surface area contributed by atoms with Gasteiger partial charge in [-0.2, -0.15) is 0 Å². The van der Waals surface area contributed by atoms with Crippen molar-refractivity contribution in [2.24, 2.45) is 5.16 Å². The van der Waals surface area contributed by atoms with E-state index in [9.17, 15) is 0 Å². The van der Waals surface area contributed by atoms with Crippen LogP contribution in [0.4, 0.5) is 0 Å². The number of nitrogens with zero attached hydrogens (tertiary/aromatic N) is 2. The molecule has 0 saturated heterocycles. The highest BCUT2D eigenvalue weighted by Gasteiger charge is 2.32. The van der Waals surface area contributed by atoms with Crippen molar-refractivity contribution in [3.8, 4) is 45.8 Å². The Morgan fingerprint density at radius 2 is 1.38 bits per heavy atom. The first-order valence-electron chi connectivity index (χ1n) is 12.1. The predicted octanol–water partition coefficient (Wildman–Crippen LogP) is 5.38. The second-order valence-electron chi connectivity index (χ2n) is 9.07. The molecular formula is C29H32ClN3O6. The van der Waals surface area contributed by atoms with Crippen molar-refractivity contribution in [1.82, 2.24) is 9.88 Å². The number of benzene rings is 3. The van der Waals surface area contributed by atoms with E-state index in [-0.39, 0.29) is 12.4 Å². The van der Waals surface area contributed by atoms with Crippen LogP contribution in [0, 0.1) is 0 Å². The van der Waals surface area contributed by atoms with Gasteiger partial charge in [-0.15, -0.1) is 12.4 Å². The summed E-state index contributed by atoms with van der Waals surface area (Å²) in [7, 11) is 10.5. The van der Waals surface area contributed by atoms with Gasteiger partial charge in [0, 0.05) is 52.3 Å². The van der Waals surface area contributed by atoms with Crippen LogP contribution in [0.25, 0.3) is 22.2 Å². The Kier molecular flexibility index (Phi) is 8.42. The standard InChI is InChI=1S/C29H31N3O6.ClH/c1-32(2)9-10-37-17-7-8-24-23(14-17)27-28(30-24)21-15-25(35-5)26(36-6)16-22(21)29(27)31-38-20-12-18(33-3)11-19(13-20)34-4;/h7-8,11-16,30H,9-10H2,1-6H3;1H. The number of ether oxygens (including phenoxy) is 5. The Bertz CT molecular complexity index is 1490. The van der Waals surface area contributed by atoms with Gasteiger partial charge in [0.25, 0.3) is 0 Å². The summed E-state index contributed by atoms with van der Waals surface area (Å²) in [5.41, 5.74) is 5.26. The van der Waals surface area contributed by atoms with Crippen LogP contribution < -0.4 is 28.5 Å². The van der Waals surface area contributed by atoms with Crippen molar-refractivity contribution < 1.29 is 28.5 Å². The fourth-order valence-electron chi connectivity index (χ4n) is 4.50. The van der Waals surface area contributed by atoms with Gasteiger partial charge >= 0.3 is 0 Å². The molecule has 4 aromatic rings. The minimum atomic E-state index is 0. The van der Waals surface area contributed by atoms with Gasteiger partial charge in [0.2, 0.25) is 0 Å². The van der Waals surface area contributed by atoms with Crippen LogP contribution in [0.15, 0.2) is 53.7 Å². The molecule has 1 N–H and O–H groups in total. The molecule has 0 fully saturated rings. The average molecular weight is 554 g/mol. The third kappa shape index (κ3) is 5.41. The summed E-state index contributed by atoms with van der Waals surface area (Å²) in [6.45, 7) is 1.40. The molecule has 0 amide bonds. The number of halogens is 1. The van der Waals surface area contributed by atoms with Crippen LogP contribution in [0.1, 0.15) is 11.1 Å². The second kappa shape index (κ2) is 11.8. The summed E-state index contributed by atoms with van der Waals surface area (Å²) in [5, 5.41) is 5.61. The Balaban J connectivity index is 0.00000353. The first kappa shape index (κ1) is 27.9. The van der Waals surface area contributed by atoms with Crippen LogP contribution in [0.3, 0.4) is 0 Å². The molecule has 1 heterocycles. The zero-order valence-corrected chi connectivity index (χ0v) is 23.6. The fourth-order valence-corrected chi connectivity index (χ4v) is 4.50. The number of aromatic nitrogens is 1. The molecule has 5 rings (SSSR count). The lowest BCUT2D eigenvalue weighted by Crippen LogP contribution is -2.19. The van der Waals surface area contributed by atoms with E-state index < -0.39 is 0 Å². The molecule has 10 heteroatoms. The molecule has 1 aliphatic carbocycles. The molecule has 0 bridgehead atoms. The monoisotopic (exact) mass is 553 g/mol. The van der Waals surface area contributed by atoms with E-state index in [1.165, 1.54) is 0 Å². The van der Waals surface area contributed by atoms with E-state index in [1.807, 2.05) is 44.4 Å². The van der Waals surface area contributed by atoms with Gasteiger partial charge in [-0.3, -0.25) is 0 Å². The number of methoxy groups -OCH3 is 4. The summed E-state index contributed by atoms with van der Waals surface area (Å²) < 4.78 is 28.0. The summed E-state index contributed by atoms with van der Waals surface area (Å²) in [6, 6.07) is 15.2. The summed E-state index contributed by atoms with van der Waals surface area (Å²) >= 11 is 0. The van der Waals surface area contributed by atoms with Crippen molar-refractivity contribution in [3.63, 3.8) is 0 Å². The van der Waals surface area contributed by atoms with Gasteiger partial charge in [-0.05, 0) is 44.4 Å².